The van der Waals surface area contributed by atoms with Gasteiger partial charge in [-0.2, -0.15) is 13.2 Å². The maximum absolute atomic E-state index is 12.8. The number of alkyl halides is 3. The zero-order chi connectivity index (χ0) is 19.2. The van der Waals surface area contributed by atoms with E-state index in [1.54, 1.807) is 13.8 Å². The van der Waals surface area contributed by atoms with Crippen LogP contribution in [0.4, 0.5) is 13.2 Å². The lowest BCUT2D eigenvalue weighted by molar-refractivity contribution is -0.142. The van der Waals surface area contributed by atoms with Gasteiger partial charge in [0.1, 0.15) is 6.04 Å². The van der Waals surface area contributed by atoms with Crippen LogP contribution in [0.15, 0.2) is 18.3 Å². The Labute approximate surface area is 141 Å². The van der Waals surface area contributed by atoms with E-state index in [1.165, 1.54) is 0 Å². The van der Waals surface area contributed by atoms with E-state index in [0.29, 0.717) is 0 Å². The molecule has 0 aliphatic carbocycles. The van der Waals surface area contributed by atoms with Crippen LogP contribution in [-0.4, -0.2) is 40.5 Å². The fraction of sp³-hybridized carbons (Fsp3) is 0.467. The number of aliphatic carboxylic acids is 1. The van der Waals surface area contributed by atoms with Gasteiger partial charge in [-0.15, -0.1) is 0 Å². The van der Waals surface area contributed by atoms with Crippen LogP contribution in [0.2, 0.25) is 0 Å². The third-order valence-corrected chi connectivity index (χ3v) is 3.07. The van der Waals surface area contributed by atoms with Gasteiger partial charge in [0.05, 0.1) is 12.1 Å². The molecule has 0 saturated heterocycles. The third-order valence-electron chi connectivity index (χ3n) is 3.07. The smallest absolute Gasteiger partial charge is 0.434 e. The summed E-state index contributed by atoms with van der Waals surface area (Å²) in [7, 11) is 0. The molecule has 1 aromatic rings. The van der Waals surface area contributed by atoms with E-state index >= 15 is 0 Å². The molecule has 0 unspecified atom stereocenters. The highest BCUT2D eigenvalue weighted by atomic mass is 19.4. The van der Waals surface area contributed by atoms with Gasteiger partial charge in [-0.05, 0) is 24.5 Å². The van der Waals surface area contributed by atoms with Crippen LogP contribution in [0.1, 0.15) is 36.3 Å². The number of carboxylic acids is 1. The molecule has 10 heteroatoms. The van der Waals surface area contributed by atoms with Gasteiger partial charge in [0.2, 0.25) is 5.91 Å². The summed E-state index contributed by atoms with van der Waals surface area (Å²) in [5.41, 5.74) is -2.09. The fourth-order valence-corrected chi connectivity index (χ4v) is 2.01. The maximum Gasteiger partial charge on any atom is 0.434 e. The van der Waals surface area contributed by atoms with E-state index < -0.39 is 47.8 Å². The van der Waals surface area contributed by atoms with Crippen molar-refractivity contribution >= 4 is 17.8 Å². The number of nitrogens with one attached hydrogen (secondary N) is 2. The van der Waals surface area contributed by atoms with Crippen molar-refractivity contribution in [2.45, 2.75) is 32.5 Å². The summed E-state index contributed by atoms with van der Waals surface area (Å²) < 4.78 is 38.4. The monoisotopic (exact) mass is 361 g/mol. The molecule has 1 rings (SSSR count). The molecule has 0 aliphatic rings. The standard InChI is InChI=1S/C15H18F3N3O4/c1-8(2)6-10(14(24)25)21-11(22)7-20-13(23)9-4-3-5-19-12(9)15(16,17)18/h3-5,8,10H,6-7H2,1-2H3,(H,20,23)(H,21,22)(H,24,25)/t10-/m0/s1. The highest BCUT2D eigenvalue weighted by molar-refractivity contribution is 5.97. The first-order valence-electron chi connectivity index (χ1n) is 7.35. The maximum atomic E-state index is 12.8. The van der Waals surface area contributed by atoms with Crippen LogP contribution in [0.5, 0.6) is 0 Å². The van der Waals surface area contributed by atoms with Crippen LogP contribution in [0.25, 0.3) is 0 Å². The number of pyridine rings is 1. The van der Waals surface area contributed by atoms with Gasteiger partial charge >= 0.3 is 12.1 Å². The molecule has 0 aliphatic heterocycles. The predicted octanol–water partition coefficient (Wildman–Crippen LogP) is 1.45. The van der Waals surface area contributed by atoms with Crippen molar-refractivity contribution in [3.63, 3.8) is 0 Å². The van der Waals surface area contributed by atoms with Crippen molar-refractivity contribution in [2.75, 3.05) is 6.54 Å². The molecule has 7 nitrogen and oxygen atoms in total. The number of halogens is 3. The Balaban J connectivity index is 2.71. The number of amides is 2. The van der Waals surface area contributed by atoms with E-state index in [1.807, 2.05) is 5.32 Å². The summed E-state index contributed by atoms with van der Waals surface area (Å²) in [4.78, 5) is 37.8. The van der Waals surface area contributed by atoms with Crippen molar-refractivity contribution in [1.29, 1.82) is 0 Å². The number of carbonyl (C=O) groups is 3. The van der Waals surface area contributed by atoms with Gasteiger partial charge in [-0.25, -0.2) is 4.79 Å². The van der Waals surface area contributed by atoms with Gasteiger partial charge in [-0.3, -0.25) is 14.6 Å². The topological polar surface area (TPSA) is 108 Å². The zero-order valence-electron chi connectivity index (χ0n) is 13.6. The van der Waals surface area contributed by atoms with Crippen molar-refractivity contribution in [1.82, 2.24) is 15.6 Å². The average molecular weight is 361 g/mol. The molecule has 0 fully saturated rings. The van der Waals surface area contributed by atoms with Gasteiger partial charge < -0.3 is 15.7 Å². The van der Waals surface area contributed by atoms with Gasteiger partial charge in [0.15, 0.2) is 5.69 Å². The summed E-state index contributed by atoms with van der Waals surface area (Å²) in [5, 5.41) is 13.3. The summed E-state index contributed by atoms with van der Waals surface area (Å²) in [6, 6.07) is 0.948. The number of carbonyl (C=O) groups excluding carboxylic acids is 2. The Bertz CT molecular complexity index is 647. The van der Waals surface area contributed by atoms with Crippen LogP contribution in [0.3, 0.4) is 0 Å². The molecule has 0 aromatic carbocycles. The third kappa shape index (κ3) is 6.40. The minimum absolute atomic E-state index is 0.000674. The molecule has 1 heterocycles. The van der Waals surface area contributed by atoms with Crippen LogP contribution >= 0.6 is 0 Å². The van der Waals surface area contributed by atoms with E-state index in [9.17, 15) is 27.6 Å². The van der Waals surface area contributed by atoms with Gasteiger partial charge in [0.25, 0.3) is 5.91 Å². The van der Waals surface area contributed by atoms with Crippen molar-refractivity contribution in [2.24, 2.45) is 5.92 Å². The van der Waals surface area contributed by atoms with E-state index in [0.717, 1.165) is 18.3 Å². The molecular formula is C15H18F3N3O4. The van der Waals surface area contributed by atoms with Crippen LogP contribution < -0.4 is 10.6 Å². The predicted molar refractivity (Wildman–Crippen MR) is 80.6 cm³/mol. The Morgan fingerprint density at radius 2 is 1.92 bits per heavy atom. The molecule has 2 amide bonds. The SMILES string of the molecule is CC(C)C[C@H](NC(=O)CNC(=O)c1cccnc1C(F)(F)F)C(=O)O. The minimum Gasteiger partial charge on any atom is -0.480 e. The Hall–Kier alpha value is -2.65. The fourth-order valence-electron chi connectivity index (χ4n) is 2.01. The number of rotatable bonds is 7. The molecule has 138 valence electrons. The first-order chi connectivity index (χ1) is 11.5. The van der Waals surface area contributed by atoms with Gasteiger partial charge in [-0.1, -0.05) is 13.8 Å². The molecule has 0 spiro atoms. The second-order valence-corrected chi connectivity index (χ2v) is 5.67. The van der Waals surface area contributed by atoms with Gasteiger partial charge in [0, 0.05) is 6.20 Å². The first-order valence-corrected chi connectivity index (χ1v) is 7.35. The summed E-state index contributed by atoms with van der Waals surface area (Å²) in [5.74, 6) is -3.19. The largest absolute Gasteiger partial charge is 0.480 e. The van der Waals surface area contributed by atoms with Crippen LogP contribution in [-0.2, 0) is 15.8 Å². The van der Waals surface area contributed by atoms with Crippen molar-refractivity contribution in [3.05, 3.63) is 29.6 Å². The first kappa shape index (κ1) is 20.4. The highest BCUT2D eigenvalue weighted by Crippen LogP contribution is 2.29. The number of nitrogens with zero attached hydrogens (tertiary/aromatic N) is 1. The molecular weight excluding hydrogens is 343 g/mol. The van der Waals surface area contributed by atoms with E-state index in [2.05, 4.69) is 10.3 Å². The summed E-state index contributed by atoms with van der Waals surface area (Å²) in [6.07, 6.45) is -3.74. The quantitative estimate of drug-likeness (QED) is 0.681. The average Bonchev–Trinajstić information content (AvgIpc) is 2.50. The molecule has 0 radical (unpaired) electrons. The van der Waals surface area contributed by atoms with Crippen molar-refractivity contribution in [3.8, 4) is 0 Å². The normalized spacial score (nSPS) is 12.6. The van der Waals surface area contributed by atoms with E-state index in [4.69, 9.17) is 5.11 Å². The Kier molecular flexibility index (Phi) is 6.89. The number of carboxylic acid groups (broad SMARTS) is 1. The molecule has 1 atom stereocenters. The minimum atomic E-state index is -4.82. The molecule has 0 bridgehead atoms. The Morgan fingerprint density at radius 3 is 2.44 bits per heavy atom. The number of hydrogen-bond acceptors (Lipinski definition) is 4. The summed E-state index contributed by atoms with van der Waals surface area (Å²) >= 11 is 0. The lowest BCUT2D eigenvalue weighted by Crippen LogP contribution is -2.46. The highest BCUT2D eigenvalue weighted by Gasteiger charge is 2.37. The van der Waals surface area contributed by atoms with Crippen LogP contribution in [0, 0.1) is 5.92 Å². The second-order valence-electron chi connectivity index (χ2n) is 5.67. The zero-order valence-corrected chi connectivity index (χ0v) is 13.6. The summed E-state index contributed by atoms with van der Waals surface area (Å²) in [6.45, 7) is 2.88. The lowest BCUT2D eigenvalue weighted by Gasteiger charge is -2.17. The molecule has 1 aromatic heterocycles. The molecule has 3 N–H and O–H groups in total. The number of hydrogen-bond donors (Lipinski definition) is 3. The van der Waals surface area contributed by atoms with E-state index in [-0.39, 0.29) is 12.3 Å². The Morgan fingerprint density at radius 1 is 1.28 bits per heavy atom. The second kappa shape index (κ2) is 8.45. The molecule has 25 heavy (non-hydrogen) atoms. The molecule has 0 saturated carbocycles. The lowest BCUT2D eigenvalue weighted by atomic mass is 10.0. The van der Waals surface area contributed by atoms with Crippen molar-refractivity contribution < 1.29 is 32.7 Å². The number of aromatic nitrogens is 1.